The zero-order valence-electron chi connectivity index (χ0n) is 12.0. The van der Waals surface area contributed by atoms with Crippen LogP contribution in [0.25, 0.3) is 0 Å². The predicted molar refractivity (Wildman–Crippen MR) is 72.4 cm³/mol. The number of amides is 2. The second kappa shape index (κ2) is 5.22. The summed E-state index contributed by atoms with van der Waals surface area (Å²) in [6, 6.07) is 6.68. The van der Waals surface area contributed by atoms with Crippen molar-refractivity contribution in [2.45, 2.75) is 32.2 Å². The summed E-state index contributed by atoms with van der Waals surface area (Å²) < 4.78 is 11.1. The number of imide groups is 1. The van der Waals surface area contributed by atoms with Gasteiger partial charge in [0.2, 0.25) is 0 Å². The third-order valence-corrected chi connectivity index (χ3v) is 3.48. The Balaban J connectivity index is 1.56. The number of ether oxygens (including phenoxy) is 2. The van der Waals surface area contributed by atoms with Crippen LogP contribution in [-0.4, -0.2) is 42.0 Å². The number of fused-ring (bicyclic) bond motifs is 1. The van der Waals surface area contributed by atoms with Gasteiger partial charge in [0.25, 0.3) is 11.8 Å². The molecule has 1 aromatic carbocycles. The third-order valence-electron chi connectivity index (χ3n) is 3.48. The maximum atomic E-state index is 12.1. The molecule has 0 bridgehead atoms. The van der Waals surface area contributed by atoms with Gasteiger partial charge in [-0.05, 0) is 26.0 Å². The fourth-order valence-corrected chi connectivity index (χ4v) is 2.47. The summed E-state index contributed by atoms with van der Waals surface area (Å²) in [6.07, 6.45) is 0.465. The maximum absolute atomic E-state index is 12.1. The van der Waals surface area contributed by atoms with Crippen molar-refractivity contribution >= 4 is 11.8 Å². The molecule has 2 amide bonds. The summed E-state index contributed by atoms with van der Waals surface area (Å²) in [4.78, 5) is 29.5. The van der Waals surface area contributed by atoms with Gasteiger partial charge in [0.1, 0.15) is 0 Å². The lowest BCUT2D eigenvalue weighted by molar-refractivity contribution is -0.145. The van der Waals surface area contributed by atoms with Crippen molar-refractivity contribution in [2.24, 2.45) is 0 Å². The van der Waals surface area contributed by atoms with E-state index in [1.807, 2.05) is 13.8 Å². The molecule has 1 atom stereocenters. The Morgan fingerprint density at radius 1 is 1.24 bits per heavy atom. The van der Waals surface area contributed by atoms with Gasteiger partial charge in [-0.1, -0.05) is 12.1 Å². The number of hydroxylamine groups is 2. The van der Waals surface area contributed by atoms with Crippen molar-refractivity contribution < 1.29 is 23.9 Å². The number of carbonyl (C=O) groups is 2. The van der Waals surface area contributed by atoms with E-state index in [1.54, 1.807) is 24.3 Å². The van der Waals surface area contributed by atoms with Crippen LogP contribution in [0.4, 0.5) is 0 Å². The summed E-state index contributed by atoms with van der Waals surface area (Å²) in [5.41, 5.74) is 0.758. The first-order valence-electron chi connectivity index (χ1n) is 6.90. The molecule has 112 valence electrons. The van der Waals surface area contributed by atoms with Gasteiger partial charge in [-0.25, -0.2) is 0 Å². The van der Waals surface area contributed by atoms with Crippen LogP contribution in [-0.2, 0) is 14.3 Å². The van der Waals surface area contributed by atoms with E-state index in [0.717, 1.165) is 5.06 Å². The highest BCUT2D eigenvalue weighted by molar-refractivity contribution is 6.20. The Bertz CT molecular complexity index is 548. The molecule has 1 unspecified atom stereocenters. The van der Waals surface area contributed by atoms with E-state index in [4.69, 9.17) is 14.3 Å². The predicted octanol–water partition coefficient (Wildman–Crippen LogP) is 1.76. The molecule has 0 saturated carbocycles. The topological polar surface area (TPSA) is 65.1 Å². The van der Waals surface area contributed by atoms with Gasteiger partial charge < -0.3 is 9.47 Å². The Morgan fingerprint density at radius 3 is 2.38 bits per heavy atom. The third kappa shape index (κ3) is 2.70. The SMILES string of the molecule is CC1(C)OCC(CCON2C(=O)c3ccccc3C2=O)O1. The average molecular weight is 291 g/mol. The number of nitrogens with zero attached hydrogens (tertiary/aromatic N) is 1. The Hall–Kier alpha value is -1.76. The Kier molecular flexibility index (Phi) is 3.52. The minimum atomic E-state index is -0.583. The van der Waals surface area contributed by atoms with Crippen LogP contribution >= 0.6 is 0 Å². The van der Waals surface area contributed by atoms with Gasteiger partial charge in [0.15, 0.2) is 5.79 Å². The van der Waals surface area contributed by atoms with Crippen molar-refractivity contribution in [1.29, 1.82) is 0 Å². The smallest absolute Gasteiger partial charge is 0.285 e. The van der Waals surface area contributed by atoms with E-state index in [2.05, 4.69) is 0 Å². The van der Waals surface area contributed by atoms with Crippen molar-refractivity contribution in [3.63, 3.8) is 0 Å². The Morgan fingerprint density at radius 2 is 1.86 bits per heavy atom. The number of rotatable bonds is 4. The lowest BCUT2D eigenvalue weighted by Gasteiger charge is -2.18. The molecule has 3 rings (SSSR count). The molecule has 6 nitrogen and oxygen atoms in total. The monoisotopic (exact) mass is 291 g/mol. The molecule has 2 heterocycles. The van der Waals surface area contributed by atoms with Gasteiger partial charge in [-0.2, -0.15) is 0 Å². The van der Waals surface area contributed by atoms with Crippen LogP contribution in [0.5, 0.6) is 0 Å². The number of hydrogen-bond donors (Lipinski definition) is 0. The largest absolute Gasteiger partial charge is 0.348 e. The van der Waals surface area contributed by atoms with E-state index in [9.17, 15) is 9.59 Å². The molecule has 2 aliphatic heterocycles. The van der Waals surface area contributed by atoms with Crippen LogP contribution in [0.1, 0.15) is 41.0 Å². The number of carbonyl (C=O) groups excluding carboxylic acids is 2. The molecule has 6 heteroatoms. The molecule has 21 heavy (non-hydrogen) atoms. The van der Waals surface area contributed by atoms with Crippen LogP contribution in [0.2, 0.25) is 0 Å². The van der Waals surface area contributed by atoms with Gasteiger partial charge in [-0.3, -0.25) is 14.4 Å². The molecule has 1 fully saturated rings. The molecule has 1 aromatic rings. The summed E-state index contributed by atoms with van der Waals surface area (Å²) in [5, 5.41) is 0.825. The van der Waals surface area contributed by atoms with E-state index < -0.39 is 17.6 Å². The molecule has 0 aromatic heterocycles. The van der Waals surface area contributed by atoms with Gasteiger partial charge in [0.05, 0.1) is 30.4 Å². The van der Waals surface area contributed by atoms with Gasteiger partial charge in [-0.15, -0.1) is 5.06 Å². The van der Waals surface area contributed by atoms with Crippen molar-refractivity contribution in [2.75, 3.05) is 13.2 Å². The summed E-state index contributed by atoms with van der Waals surface area (Å²) in [7, 11) is 0. The molecule has 0 radical (unpaired) electrons. The fourth-order valence-electron chi connectivity index (χ4n) is 2.47. The molecular formula is C15H17NO5. The highest BCUT2D eigenvalue weighted by Gasteiger charge is 2.37. The minimum Gasteiger partial charge on any atom is -0.348 e. The quantitative estimate of drug-likeness (QED) is 0.791. The zero-order chi connectivity index (χ0) is 15.0. The lowest BCUT2D eigenvalue weighted by Crippen LogP contribution is -2.31. The normalized spacial score (nSPS) is 23.7. The van der Waals surface area contributed by atoms with Crippen LogP contribution in [0.15, 0.2) is 24.3 Å². The molecule has 0 spiro atoms. The molecule has 2 aliphatic rings. The lowest BCUT2D eigenvalue weighted by atomic mass is 10.1. The van der Waals surface area contributed by atoms with Crippen LogP contribution in [0, 0.1) is 0 Å². The molecule has 0 N–H and O–H groups in total. The highest BCUT2D eigenvalue weighted by atomic mass is 16.7. The van der Waals surface area contributed by atoms with E-state index in [-0.39, 0.29) is 12.7 Å². The van der Waals surface area contributed by atoms with E-state index >= 15 is 0 Å². The van der Waals surface area contributed by atoms with Crippen molar-refractivity contribution in [1.82, 2.24) is 5.06 Å². The van der Waals surface area contributed by atoms with E-state index in [0.29, 0.717) is 24.2 Å². The highest BCUT2D eigenvalue weighted by Crippen LogP contribution is 2.25. The summed E-state index contributed by atoms with van der Waals surface area (Å²) in [6.45, 7) is 4.39. The molecule has 0 aliphatic carbocycles. The first-order chi connectivity index (χ1) is 9.98. The fraction of sp³-hybridized carbons (Fsp3) is 0.467. The minimum absolute atomic E-state index is 0.0878. The maximum Gasteiger partial charge on any atom is 0.285 e. The summed E-state index contributed by atoms with van der Waals surface area (Å²) >= 11 is 0. The van der Waals surface area contributed by atoms with E-state index in [1.165, 1.54) is 0 Å². The molecule has 1 saturated heterocycles. The molecular weight excluding hydrogens is 274 g/mol. The second-order valence-electron chi connectivity index (χ2n) is 5.52. The first-order valence-corrected chi connectivity index (χ1v) is 6.90. The zero-order valence-corrected chi connectivity index (χ0v) is 12.0. The summed E-state index contributed by atoms with van der Waals surface area (Å²) in [5.74, 6) is -1.42. The average Bonchev–Trinajstić information content (AvgIpc) is 2.92. The van der Waals surface area contributed by atoms with Crippen LogP contribution in [0.3, 0.4) is 0 Å². The second-order valence-corrected chi connectivity index (χ2v) is 5.52. The first kappa shape index (κ1) is 14.2. The van der Waals surface area contributed by atoms with Crippen LogP contribution < -0.4 is 0 Å². The number of hydrogen-bond acceptors (Lipinski definition) is 5. The van der Waals surface area contributed by atoms with Gasteiger partial charge in [0, 0.05) is 6.42 Å². The van der Waals surface area contributed by atoms with Crippen molar-refractivity contribution in [3.05, 3.63) is 35.4 Å². The van der Waals surface area contributed by atoms with Crippen molar-refractivity contribution in [3.8, 4) is 0 Å². The Labute approximate surface area is 122 Å². The standard InChI is InChI=1S/C15H17NO5/c1-15(2)19-9-10(21-15)7-8-20-16-13(17)11-5-3-4-6-12(11)14(16)18/h3-6,10H,7-9H2,1-2H3. The van der Waals surface area contributed by atoms with Gasteiger partial charge >= 0.3 is 0 Å². The number of benzene rings is 1.